The fraction of sp³-hybridized carbons (Fsp3) is 0.762. The maximum Gasteiger partial charge on any atom is 0.353 e. The number of unbranched alkanes of at least 4 members (excludes halogenated alkanes) is 1. The van der Waals surface area contributed by atoms with Crippen LogP contribution in [0.1, 0.15) is 40.0 Å². The lowest BCUT2D eigenvalue weighted by Gasteiger charge is -2.47. The van der Waals surface area contributed by atoms with Gasteiger partial charge in [0.05, 0.1) is 23.8 Å². The Bertz CT molecular complexity index is 950. The van der Waals surface area contributed by atoms with Gasteiger partial charge < -0.3 is 20.2 Å². The molecule has 3 N–H and O–H groups in total. The van der Waals surface area contributed by atoms with Crippen molar-refractivity contribution in [2.75, 3.05) is 26.4 Å². The second kappa shape index (κ2) is 9.93. The summed E-state index contributed by atoms with van der Waals surface area (Å²) in [4.78, 5) is 40.8. The topological polar surface area (TPSA) is 136 Å². The molecule has 6 atom stereocenters. The van der Waals surface area contributed by atoms with Crippen molar-refractivity contribution in [1.82, 2.24) is 19.8 Å². The summed E-state index contributed by atoms with van der Waals surface area (Å²) in [6, 6.07) is -1.34. The standard InChI is InChI=1S/C21H34N4O6S2/c1-6-7-8-33(30,31)23-12(3)15-16-11(2)18(17(21(28)29)25(16)20(15)27)32-13-9-14(22-10-13)19(26)24(4)5/h11-16,22-23H,6-10H2,1-5H3,(H,28,29)/t11-,12?,13+,14+,15-,16-/m1/s1. The molecule has 2 saturated heterocycles. The number of sulfonamides is 1. The number of carboxylic acids is 1. The highest BCUT2D eigenvalue weighted by Gasteiger charge is 2.60. The molecule has 0 aromatic heterocycles. The van der Waals surface area contributed by atoms with Crippen LogP contribution in [0.2, 0.25) is 0 Å². The van der Waals surface area contributed by atoms with Gasteiger partial charge in [-0.15, -0.1) is 11.8 Å². The molecule has 0 aliphatic carbocycles. The predicted octanol–water partition coefficient (Wildman–Crippen LogP) is 0.419. The number of rotatable bonds is 10. The Labute approximate surface area is 199 Å². The number of carbonyl (C=O) groups excluding carboxylic acids is 2. The minimum Gasteiger partial charge on any atom is -0.477 e. The van der Waals surface area contributed by atoms with Crippen molar-refractivity contribution < 1.29 is 27.9 Å². The summed E-state index contributed by atoms with van der Waals surface area (Å²) in [5.41, 5.74) is -0.0119. The lowest BCUT2D eigenvalue weighted by Crippen LogP contribution is -2.66. The van der Waals surface area contributed by atoms with E-state index in [4.69, 9.17) is 0 Å². The van der Waals surface area contributed by atoms with Gasteiger partial charge in [-0.1, -0.05) is 20.3 Å². The van der Waals surface area contributed by atoms with E-state index in [1.54, 1.807) is 21.0 Å². The molecular formula is C21H34N4O6S2. The van der Waals surface area contributed by atoms with Gasteiger partial charge in [0.2, 0.25) is 21.8 Å². The lowest BCUT2D eigenvalue weighted by atomic mass is 9.78. The molecule has 186 valence electrons. The highest BCUT2D eigenvalue weighted by Crippen LogP contribution is 2.51. The Balaban J connectivity index is 1.74. The van der Waals surface area contributed by atoms with Gasteiger partial charge in [-0.25, -0.2) is 17.9 Å². The minimum atomic E-state index is -3.52. The number of amides is 2. The Hall–Kier alpha value is -1.63. The molecule has 2 fully saturated rings. The zero-order chi connectivity index (χ0) is 24.7. The Morgan fingerprint density at radius 3 is 2.61 bits per heavy atom. The molecule has 3 aliphatic heterocycles. The van der Waals surface area contributed by atoms with Crippen LogP contribution in [-0.4, -0.2) is 90.9 Å². The first-order chi connectivity index (χ1) is 15.4. The fourth-order valence-corrected chi connectivity index (χ4v) is 7.90. The van der Waals surface area contributed by atoms with Crippen LogP contribution in [0, 0.1) is 11.8 Å². The van der Waals surface area contributed by atoms with Crippen LogP contribution in [0.15, 0.2) is 10.6 Å². The molecule has 12 heteroatoms. The largest absolute Gasteiger partial charge is 0.477 e. The van der Waals surface area contributed by atoms with Crippen molar-refractivity contribution in [3.05, 3.63) is 10.6 Å². The summed E-state index contributed by atoms with van der Waals surface area (Å²) in [5, 5.41) is 13.1. The van der Waals surface area contributed by atoms with E-state index in [1.165, 1.54) is 21.6 Å². The number of fused-ring (bicyclic) bond motifs is 1. The van der Waals surface area contributed by atoms with Crippen LogP contribution >= 0.6 is 11.8 Å². The van der Waals surface area contributed by atoms with Crippen molar-refractivity contribution in [2.45, 2.75) is 63.4 Å². The van der Waals surface area contributed by atoms with E-state index in [1.807, 2.05) is 13.8 Å². The van der Waals surface area contributed by atoms with Gasteiger partial charge in [0, 0.05) is 42.8 Å². The first kappa shape index (κ1) is 26.0. The highest BCUT2D eigenvalue weighted by molar-refractivity contribution is 8.03. The quantitative estimate of drug-likeness (QED) is 0.366. The number of carboxylic acid groups (broad SMARTS) is 1. The minimum absolute atomic E-state index is 0.0000712. The van der Waals surface area contributed by atoms with Crippen molar-refractivity contribution in [3.63, 3.8) is 0 Å². The van der Waals surface area contributed by atoms with Crippen LogP contribution in [0.25, 0.3) is 0 Å². The molecule has 3 rings (SSSR count). The number of thioether (sulfide) groups is 1. The highest BCUT2D eigenvalue weighted by atomic mass is 32.2. The zero-order valence-electron chi connectivity index (χ0n) is 19.7. The number of aliphatic carboxylic acids is 1. The molecule has 0 aromatic rings. The van der Waals surface area contributed by atoms with E-state index in [0.717, 1.165) is 6.42 Å². The third kappa shape index (κ3) is 5.08. The van der Waals surface area contributed by atoms with Crippen molar-refractivity contribution in [2.24, 2.45) is 11.8 Å². The summed E-state index contributed by atoms with van der Waals surface area (Å²) < 4.78 is 27.3. The molecule has 0 radical (unpaired) electrons. The average molecular weight is 503 g/mol. The van der Waals surface area contributed by atoms with E-state index in [-0.39, 0.29) is 40.5 Å². The van der Waals surface area contributed by atoms with Gasteiger partial charge in [-0.05, 0) is 19.8 Å². The third-order valence-corrected chi connectivity index (χ3v) is 9.65. The summed E-state index contributed by atoms with van der Waals surface area (Å²) in [5.74, 6) is -2.41. The van der Waals surface area contributed by atoms with Crippen molar-refractivity contribution >= 4 is 39.6 Å². The van der Waals surface area contributed by atoms with Gasteiger partial charge in [-0.2, -0.15) is 0 Å². The second-order valence-electron chi connectivity index (χ2n) is 9.28. The van der Waals surface area contributed by atoms with Crippen molar-refractivity contribution in [1.29, 1.82) is 0 Å². The number of likely N-dealkylation sites (N-methyl/N-ethyl adjacent to an activating group) is 1. The van der Waals surface area contributed by atoms with E-state index in [2.05, 4.69) is 10.0 Å². The smallest absolute Gasteiger partial charge is 0.353 e. The van der Waals surface area contributed by atoms with Crippen LogP contribution in [0.4, 0.5) is 0 Å². The second-order valence-corrected chi connectivity index (χ2v) is 12.5. The average Bonchev–Trinajstić information content (AvgIpc) is 3.27. The fourth-order valence-electron chi connectivity index (χ4n) is 4.92. The Kier molecular flexibility index (Phi) is 7.82. The normalized spacial score (nSPS) is 30.3. The Morgan fingerprint density at radius 2 is 2.03 bits per heavy atom. The summed E-state index contributed by atoms with van der Waals surface area (Å²) in [7, 11) is -0.122. The van der Waals surface area contributed by atoms with E-state index >= 15 is 0 Å². The van der Waals surface area contributed by atoms with Crippen LogP contribution in [-0.2, 0) is 24.4 Å². The summed E-state index contributed by atoms with van der Waals surface area (Å²) in [6.45, 7) is 6.02. The number of β-lactam (4-membered cyclic amide) rings is 1. The van der Waals surface area contributed by atoms with Gasteiger partial charge in [0.1, 0.15) is 5.70 Å². The van der Waals surface area contributed by atoms with E-state index in [9.17, 15) is 27.9 Å². The van der Waals surface area contributed by atoms with E-state index in [0.29, 0.717) is 24.3 Å². The molecule has 3 aliphatic rings. The molecule has 0 aromatic carbocycles. The number of hydrogen-bond acceptors (Lipinski definition) is 7. The van der Waals surface area contributed by atoms with Gasteiger partial charge in [0.15, 0.2) is 0 Å². The van der Waals surface area contributed by atoms with Crippen LogP contribution < -0.4 is 10.0 Å². The third-order valence-electron chi connectivity index (χ3n) is 6.59. The number of nitrogens with one attached hydrogen (secondary N) is 2. The maximum atomic E-state index is 13.0. The summed E-state index contributed by atoms with van der Waals surface area (Å²) >= 11 is 1.41. The number of hydrogen-bond donors (Lipinski definition) is 3. The van der Waals surface area contributed by atoms with Gasteiger partial charge in [-0.3, -0.25) is 9.59 Å². The number of nitrogens with zero attached hydrogens (tertiary/aromatic N) is 2. The Morgan fingerprint density at radius 1 is 1.36 bits per heavy atom. The summed E-state index contributed by atoms with van der Waals surface area (Å²) in [6.07, 6.45) is 1.85. The lowest BCUT2D eigenvalue weighted by molar-refractivity contribution is -0.157. The monoisotopic (exact) mass is 502 g/mol. The zero-order valence-corrected chi connectivity index (χ0v) is 21.3. The van der Waals surface area contributed by atoms with Gasteiger partial charge >= 0.3 is 5.97 Å². The predicted molar refractivity (Wildman–Crippen MR) is 126 cm³/mol. The molecule has 10 nitrogen and oxygen atoms in total. The van der Waals surface area contributed by atoms with E-state index < -0.39 is 34.0 Å². The molecule has 0 spiro atoms. The van der Waals surface area contributed by atoms with Crippen LogP contribution in [0.3, 0.4) is 0 Å². The molecule has 2 amide bonds. The van der Waals surface area contributed by atoms with Crippen LogP contribution in [0.5, 0.6) is 0 Å². The first-order valence-corrected chi connectivity index (χ1v) is 13.8. The molecule has 1 unspecified atom stereocenters. The SMILES string of the molecule is CCCCS(=O)(=O)NC(C)[C@H]1C(=O)N2C(C(=O)O)=C(S[C@@H]3CN[C@H](C(=O)N(C)C)C3)[C@H](C)[C@H]12. The molecular weight excluding hydrogens is 468 g/mol. The maximum absolute atomic E-state index is 13.0. The first-order valence-electron chi connectivity index (χ1n) is 11.3. The van der Waals surface area contributed by atoms with Gasteiger partial charge in [0.25, 0.3) is 0 Å². The molecule has 3 heterocycles. The number of carbonyl (C=O) groups is 3. The molecule has 0 saturated carbocycles. The van der Waals surface area contributed by atoms with Crippen molar-refractivity contribution in [3.8, 4) is 0 Å². The molecule has 0 bridgehead atoms. The molecule has 33 heavy (non-hydrogen) atoms.